The molecule has 0 aliphatic carbocycles. The molecule has 17 heavy (non-hydrogen) atoms. The summed E-state index contributed by atoms with van der Waals surface area (Å²) in [5.74, 6) is -0.310. The third-order valence-corrected chi connectivity index (χ3v) is 3.14. The van der Waals surface area contributed by atoms with E-state index >= 15 is 0 Å². The predicted molar refractivity (Wildman–Crippen MR) is 75.4 cm³/mol. The van der Waals surface area contributed by atoms with Crippen LogP contribution in [0.25, 0.3) is 0 Å². The van der Waals surface area contributed by atoms with Gasteiger partial charge in [0.2, 0.25) is 0 Å². The fraction of sp³-hybridized carbons (Fsp3) is 0.154. The van der Waals surface area contributed by atoms with E-state index in [-0.39, 0.29) is 11.9 Å². The average Bonchev–Trinajstić information content (AvgIpc) is 2.33. The molecule has 1 heterocycles. The molecule has 4 heteroatoms. The van der Waals surface area contributed by atoms with Crippen LogP contribution in [0.3, 0.4) is 0 Å². The lowest BCUT2D eigenvalue weighted by molar-refractivity contribution is 0.617. The Labute approximate surface area is 113 Å². The van der Waals surface area contributed by atoms with E-state index in [1.54, 1.807) is 6.07 Å². The quantitative estimate of drug-likeness (QED) is 0.853. The molecule has 0 spiro atoms. The van der Waals surface area contributed by atoms with Gasteiger partial charge in [0.15, 0.2) is 0 Å². The van der Waals surface area contributed by atoms with E-state index in [0.29, 0.717) is 0 Å². The van der Waals surface area contributed by atoms with Crippen LogP contribution in [0.1, 0.15) is 18.7 Å². The summed E-state index contributed by atoms with van der Waals surface area (Å²) in [5.41, 5.74) is 1.86. The largest absolute Gasteiger partial charge is 0.377 e. The van der Waals surface area contributed by atoms with Gasteiger partial charge in [0.1, 0.15) is 5.82 Å². The van der Waals surface area contributed by atoms with Crippen molar-refractivity contribution in [3.05, 3.63) is 57.7 Å². The molecule has 88 valence electrons. The van der Waals surface area contributed by atoms with Gasteiger partial charge in [0.05, 0.1) is 17.9 Å². The van der Waals surface area contributed by atoms with Crippen molar-refractivity contribution in [3.63, 3.8) is 0 Å². The number of halogens is 2. The van der Waals surface area contributed by atoms with Crippen molar-refractivity contribution in [1.82, 2.24) is 4.98 Å². The van der Waals surface area contributed by atoms with Crippen LogP contribution < -0.4 is 5.32 Å². The Morgan fingerprint density at radius 1 is 1.18 bits per heavy atom. The molecule has 0 radical (unpaired) electrons. The summed E-state index contributed by atoms with van der Waals surface area (Å²) in [6, 6.07) is 11.3. The molecule has 2 nitrogen and oxygen atoms in total. The molecular weight excluding hydrogens is 330 g/mol. The van der Waals surface area contributed by atoms with Gasteiger partial charge in [-0.1, -0.05) is 0 Å². The van der Waals surface area contributed by atoms with E-state index < -0.39 is 0 Å². The van der Waals surface area contributed by atoms with Crippen molar-refractivity contribution in [2.45, 2.75) is 13.0 Å². The van der Waals surface area contributed by atoms with E-state index in [1.165, 1.54) is 15.8 Å². The predicted octanol–water partition coefficient (Wildman–Crippen LogP) is 4.00. The Morgan fingerprint density at radius 3 is 2.47 bits per heavy atom. The van der Waals surface area contributed by atoms with Crippen LogP contribution in [0.2, 0.25) is 0 Å². The van der Waals surface area contributed by atoms with E-state index in [0.717, 1.165) is 11.4 Å². The maximum absolute atomic E-state index is 12.7. The fourth-order valence-electron chi connectivity index (χ4n) is 1.51. The third-order valence-electron chi connectivity index (χ3n) is 2.42. The molecule has 1 unspecified atom stereocenters. The molecule has 0 bridgehead atoms. The van der Waals surface area contributed by atoms with Crippen LogP contribution in [0.4, 0.5) is 10.1 Å². The Hall–Kier alpha value is -1.17. The van der Waals surface area contributed by atoms with Gasteiger partial charge in [0.25, 0.3) is 0 Å². The summed E-state index contributed by atoms with van der Waals surface area (Å²) in [6.07, 6.45) is 1.24. The van der Waals surface area contributed by atoms with E-state index in [2.05, 4.69) is 32.9 Å². The van der Waals surface area contributed by atoms with Crippen molar-refractivity contribution >= 4 is 28.3 Å². The van der Waals surface area contributed by atoms with Gasteiger partial charge in [0, 0.05) is 9.26 Å². The van der Waals surface area contributed by atoms with Crippen LogP contribution >= 0.6 is 22.6 Å². The highest BCUT2D eigenvalue weighted by molar-refractivity contribution is 14.1. The van der Waals surface area contributed by atoms with Crippen LogP contribution in [-0.2, 0) is 0 Å². The Kier molecular flexibility index (Phi) is 3.93. The second-order valence-corrected chi connectivity index (χ2v) is 5.02. The lowest BCUT2D eigenvalue weighted by Gasteiger charge is -2.14. The normalized spacial score (nSPS) is 12.2. The molecule has 1 aromatic carbocycles. The summed E-state index contributed by atoms with van der Waals surface area (Å²) in [7, 11) is 0. The van der Waals surface area contributed by atoms with Gasteiger partial charge in [-0.05, 0) is 65.9 Å². The highest BCUT2D eigenvalue weighted by Gasteiger charge is 2.06. The zero-order chi connectivity index (χ0) is 12.3. The molecule has 1 aromatic heterocycles. The number of nitrogens with zero attached hydrogens (tertiary/aromatic N) is 1. The summed E-state index contributed by atoms with van der Waals surface area (Å²) >= 11 is 2.26. The SMILES string of the molecule is CC(Nc1ccc(I)cc1)c1ccc(F)cn1. The van der Waals surface area contributed by atoms with E-state index in [4.69, 9.17) is 0 Å². The molecular formula is C13H12FIN2. The standard InChI is InChI=1S/C13H12FIN2/c1-9(13-7-2-10(14)8-16-13)17-12-5-3-11(15)4-6-12/h2-9,17H,1H3. The maximum atomic E-state index is 12.7. The van der Waals surface area contributed by atoms with Crippen molar-refractivity contribution in [2.24, 2.45) is 0 Å². The molecule has 0 aliphatic heterocycles. The lowest BCUT2D eigenvalue weighted by Crippen LogP contribution is -2.08. The first-order valence-corrected chi connectivity index (χ1v) is 6.36. The number of rotatable bonds is 3. The average molecular weight is 342 g/mol. The minimum absolute atomic E-state index is 0.0515. The number of hydrogen-bond acceptors (Lipinski definition) is 2. The molecule has 1 N–H and O–H groups in total. The van der Waals surface area contributed by atoms with E-state index in [9.17, 15) is 4.39 Å². The summed E-state index contributed by atoms with van der Waals surface area (Å²) in [4.78, 5) is 4.05. The molecule has 2 aromatic rings. The smallest absolute Gasteiger partial charge is 0.141 e. The number of anilines is 1. The molecule has 0 fully saturated rings. The fourth-order valence-corrected chi connectivity index (χ4v) is 1.87. The maximum Gasteiger partial charge on any atom is 0.141 e. The lowest BCUT2D eigenvalue weighted by atomic mass is 10.2. The first kappa shape index (κ1) is 12.3. The summed E-state index contributed by atoms with van der Waals surface area (Å²) in [6.45, 7) is 2.00. The van der Waals surface area contributed by atoms with Crippen LogP contribution in [0, 0.1) is 9.39 Å². The highest BCUT2D eigenvalue weighted by Crippen LogP contribution is 2.18. The van der Waals surface area contributed by atoms with E-state index in [1.807, 2.05) is 31.2 Å². The van der Waals surface area contributed by atoms with Gasteiger partial charge in [-0.25, -0.2) is 4.39 Å². The number of nitrogens with one attached hydrogen (secondary N) is 1. The topological polar surface area (TPSA) is 24.9 Å². The van der Waals surface area contributed by atoms with Crippen molar-refractivity contribution < 1.29 is 4.39 Å². The van der Waals surface area contributed by atoms with Gasteiger partial charge >= 0.3 is 0 Å². The monoisotopic (exact) mass is 342 g/mol. The van der Waals surface area contributed by atoms with Crippen molar-refractivity contribution in [3.8, 4) is 0 Å². The molecule has 0 saturated carbocycles. The van der Waals surface area contributed by atoms with Gasteiger partial charge in [-0.2, -0.15) is 0 Å². The Morgan fingerprint density at radius 2 is 1.88 bits per heavy atom. The zero-order valence-electron chi connectivity index (χ0n) is 9.32. The Bertz CT molecular complexity index is 482. The van der Waals surface area contributed by atoms with Gasteiger partial charge in [-0.15, -0.1) is 0 Å². The minimum atomic E-state index is -0.310. The number of aromatic nitrogens is 1. The zero-order valence-corrected chi connectivity index (χ0v) is 11.5. The molecule has 0 aliphatic rings. The van der Waals surface area contributed by atoms with Crippen LogP contribution in [0.5, 0.6) is 0 Å². The van der Waals surface area contributed by atoms with Crippen molar-refractivity contribution in [1.29, 1.82) is 0 Å². The van der Waals surface area contributed by atoms with Gasteiger partial charge < -0.3 is 5.32 Å². The third kappa shape index (κ3) is 3.39. The summed E-state index contributed by atoms with van der Waals surface area (Å²) in [5, 5.41) is 3.32. The minimum Gasteiger partial charge on any atom is -0.377 e. The van der Waals surface area contributed by atoms with Crippen molar-refractivity contribution in [2.75, 3.05) is 5.32 Å². The first-order valence-electron chi connectivity index (χ1n) is 5.29. The van der Waals surface area contributed by atoms with Gasteiger partial charge in [-0.3, -0.25) is 4.98 Å². The summed E-state index contributed by atoms with van der Waals surface area (Å²) < 4.78 is 13.9. The second kappa shape index (κ2) is 5.44. The number of hydrogen-bond donors (Lipinski definition) is 1. The van der Waals surface area contributed by atoms with Crippen LogP contribution in [0.15, 0.2) is 42.6 Å². The molecule has 1 atom stereocenters. The molecule has 0 amide bonds. The number of benzene rings is 1. The molecule has 2 rings (SSSR count). The highest BCUT2D eigenvalue weighted by atomic mass is 127. The Balaban J connectivity index is 2.08. The first-order chi connectivity index (χ1) is 8.15. The van der Waals surface area contributed by atoms with Crippen LogP contribution in [-0.4, -0.2) is 4.98 Å². The molecule has 0 saturated heterocycles. The number of pyridine rings is 1. The second-order valence-electron chi connectivity index (χ2n) is 3.77.